The number of primary amides is 1. The van der Waals surface area contributed by atoms with Crippen LogP contribution in [0.2, 0.25) is 0 Å². The molecule has 0 saturated heterocycles. The normalized spacial score (nSPS) is 10.0. The van der Waals surface area contributed by atoms with E-state index in [0.29, 0.717) is 11.4 Å². The second kappa shape index (κ2) is 3.25. The van der Waals surface area contributed by atoms with E-state index in [1.165, 1.54) is 0 Å². The topological polar surface area (TPSA) is 97.5 Å². The number of nitrogens with two attached hydrogens (primary N) is 1. The van der Waals surface area contributed by atoms with E-state index in [2.05, 4.69) is 20.6 Å². The van der Waals surface area contributed by atoms with Crippen molar-refractivity contribution in [3.05, 3.63) is 29.8 Å². The molecule has 1 amide bonds. The highest BCUT2D eigenvalue weighted by Gasteiger charge is 2.03. The molecule has 0 radical (unpaired) electrons. The van der Waals surface area contributed by atoms with Gasteiger partial charge in [-0.3, -0.25) is 4.79 Å². The molecule has 14 heavy (non-hydrogen) atoms. The summed E-state index contributed by atoms with van der Waals surface area (Å²) in [6, 6.07) is 6.66. The molecule has 3 N–H and O–H groups in total. The van der Waals surface area contributed by atoms with E-state index in [4.69, 9.17) is 5.73 Å². The zero-order valence-corrected chi connectivity index (χ0v) is 7.14. The first-order chi connectivity index (χ1) is 6.77. The van der Waals surface area contributed by atoms with Gasteiger partial charge in [-0.15, -0.1) is 10.2 Å². The van der Waals surface area contributed by atoms with Crippen LogP contribution >= 0.6 is 0 Å². The predicted octanol–water partition coefficient (Wildman–Crippen LogP) is -0.0344. The summed E-state index contributed by atoms with van der Waals surface area (Å²) in [5.74, 6) is 0.0330. The lowest BCUT2D eigenvalue weighted by atomic mass is 10.1. The molecule has 1 aromatic heterocycles. The Bertz CT molecular complexity index is 433. The van der Waals surface area contributed by atoms with Crippen LogP contribution < -0.4 is 5.73 Å². The Hall–Kier alpha value is -2.24. The predicted molar refractivity (Wildman–Crippen MR) is 48.1 cm³/mol. The molecular formula is C8H7N5O. The minimum absolute atomic E-state index is 0.454. The molecule has 70 valence electrons. The van der Waals surface area contributed by atoms with Crippen LogP contribution in [-0.2, 0) is 0 Å². The molecule has 2 aromatic rings. The van der Waals surface area contributed by atoms with Gasteiger partial charge in [0.1, 0.15) is 0 Å². The molecule has 0 atom stereocenters. The third kappa shape index (κ3) is 1.45. The lowest BCUT2D eigenvalue weighted by Crippen LogP contribution is -2.10. The first-order valence-corrected chi connectivity index (χ1v) is 3.91. The Balaban J connectivity index is 2.36. The van der Waals surface area contributed by atoms with Gasteiger partial charge in [-0.05, 0) is 17.3 Å². The van der Waals surface area contributed by atoms with Crippen molar-refractivity contribution in [3.8, 4) is 11.4 Å². The quantitative estimate of drug-likeness (QED) is 0.692. The minimum atomic E-state index is -0.454. The minimum Gasteiger partial charge on any atom is -0.366 e. The summed E-state index contributed by atoms with van der Waals surface area (Å²) in [5.41, 5.74) is 6.33. The van der Waals surface area contributed by atoms with Crippen molar-refractivity contribution in [1.82, 2.24) is 20.6 Å². The van der Waals surface area contributed by atoms with Gasteiger partial charge in [0.2, 0.25) is 11.7 Å². The Morgan fingerprint density at radius 3 is 2.50 bits per heavy atom. The summed E-state index contributed by atoms with van der Waals surface area (Å²) < 4.78 is 0. The molecule has 6 heteroatoms. The second-order valence-electron chi connectivity index (χ2n) is 2.68. The van der Waals surface area contributed by atoms with E-state index in [9.17, 15) is 4.79 Å². The monoisotopic (exact) mass is 189 g/mol. The van der Waals surface area contributed by atoms with Crippen molar-refractivity contribution in [3.63, 3.8) is 0 Å². The van der Waals surface area contributed by atoms with E-state index in [1.807, 2.05) is 0 Å². The molecule has 0 saturated carbocycles. The van der Waals surface area contributed by atoms with Crippen LogP contribution in [0.15, 0.2) is 24.3 Å². The number of H-pyrrole nitrogens is 1. The van der Waals surface area contributed by atoms with Crippen LogP contribution in [0.4, 0.5) is 0 Å². The molecule has 0 aliphatic carbocycles. The number of benzene rings is 1. The highest BCUT2D eigenvalue weighted by atomic mass is 16.1. The van der Waals surface area contributed by atoms with Gasteiger partial charge in [-0.2, -0.15) is 5.21 Å². The van der Waals surface area contributed by atoms with Gasteiger partial charge in [0.15, 0.2) is 0 Å². The number of carbonyl (C=O) groups is 1. The summed E-state index contributed by atoms with van der Waals surface area (Å²) >= 11 is 0. The number of hydrogen-bond acceptors (Lipinski definition) is 4. The van der Waals surface area contributed by atoms with Gasteiger partial charge in [-0.25, -0.2) is 0 Å². The summed E-state index contributed by atoms with van der Waals surface area (Å²) in [6.45, 7) is 0. The molecule has 0 unspecified atom stereocenters. The maximum absolute atomic E-state index is 10.8. The number of carbonyl (C=O) groups excluding carboxylic acids is 1. The molecule has 1 heterocycles. The highest BCUT2D eigenvalue weighted by molar-refractivity contribution is 5.93. The average Bonchev–Trinajstić information content (AvgIpc) is 2.71. The summed E-state index contributed by atoms with van der Waals surface area (Å²) in [5, 5.41) is 13.4. The van der Waals surface area contributed by atoms with E-state index >= 15 is 0 Å². The van der Waals surface area contributed by atoms with Gasteiger partial charge in [-0.1, -0.05) is 12.1 Å². The number of tetrazole rings is 1. The van der Waals surface area contributed by atoms with Crippen molar-refractivity contribution in [2.45, 2.75) is 0 Å². The van der Waals surface area contributed by atoms with Crippen LogP contribution in [0.1, 0.15) is 10.4 Å². The first-order valence-electron chi connectivity index (χ1n) is 3.91. The van der Waals surface area contributed by atoms with Crippen LogP contribution in [0.3, 0.4) is 0 Å². The van der Waals surface area contributed by atoms with E-state index in [1.54, 1.807) is 24.3 Å². The van der Waals surface area contributed by atoms with Gasteiger partial charge >= 0.3 is 0 Å². The number of nitrogens with one attached hydrogen (secondary N) is 1. The molecule has 0 spiro atoms. The Kier molecular flexibility index (Phi) is 1.94. The van der Waals surface area contributed by atoms with Crippen molar-refractivity contribution in [1.29, 1.82) is 0 Å². The molecule has 0 aliphatic rings. The number of aromatic amines is 1. The number of hydrogen-bond donors (Lipinski definition) is 2. The summed E-state index contributed by atoms with van der Waals surface area (Å²) in [6.07, 6.45) is 0. The Morgan fingerprint density at radius 2 is 2.00 bits per heavy atom. The fourth-order valence-electron chi connectivity index (χ4n) is 1.07. The van der Waals surface area contributed by atoms with Gasteiger partial charge in [0.05, 0.1) is 0 Å². The number of aromatic nitrogens is 4. The van der Waals surface area contributed by atoms with Crippen molar-refractivity contribution >= 4 is 5.91 Å². The maximum atomic E-state index is 10.8. The first kappa shape index (κ1) is 8.36. The van der Waals surface area contributed by atoms with Gasteiger partial charge < -0.3 is 5.73 Å². The summed E-state index contributed by atoms with van der Waals surface area (Å²) in [7, 11) is 0. The molecule has 1 aromatic carbocycles. The second-order valence-corrected chi connectivity index (χ2v) is 2.68. The van der Waals surface area contributed by atoms with Crippen molar-refractivity contribution in [2.75, 3.05) is 0 Å². The number of rotatable bonds is 2. The molecule has 0 bridgehead atoms. The maximum Gasteiger partial charge on any atom is 0.248 e. The van der Waals surface area contributed by atoms with E-state index < -0.39 is 5.91 Å². The van der Waals surface area contributed by atoms with E-state index in [0.717, 1.165) is 5.56 Å². The smallest absolute Gasteiger partial charge is 0.248 e. The molecule has 0 fully saturated rings. The lowest BCUT2D eigenvalue weighted by molar-refractivity contribution is 0.100. The fourth-order valence-corrected chi connectivity index (χ4v) is 1.07. The molecule has 6 nitrogen and oxygen atoms in total. The standard InChI is InChI=1S/C8H7N5O/c9-7(14)5-1-3-6(4-2-5)8-10-12-13-11-8/h1-4H,(H2,9,14)(H,10,11,12,13). The molecule has 2 rings (SSSR count). The summed E-state index contributed by atoms with van der Waals surface area (Å²) in [4.78, 5) is 10.8. The van der Waals surface area contributed by atoms with Gasteiger partial charge in [0, 0.05) is 11.1 Å². The Morgan fingerprint density at radius 1 is 1.29 bits per heavy atom. The van der Waals surface area contributed by atoms with Crippen LogP contribution in [0.5, 0.6) is 0 Å². The van der Waals surface area contributed by atoms with Crippen LogP contribution in [0.25, 0.3) is 11.4 Å². The van der Waals surface area contributed by atoms with E-state index in [-0.39, 0.29) is 0 Å². The van der Waals surface area contributed by atoms with Crippen molar-refractivity contribution < 1.29 is 4.79 Å². The number of amides is 1. The van der Waals surface area contributed by atoms with Crippen LogP contribution in [-0.4, -0.2) is 26.5 Å². The molecular weight excluding hydrogens is 182 g/mol. The largest absolute Gasteiger partial charge is 0.366 e. The zero-order chi connectivity index (χ0) is 9.97. The molecule has 0 aliphatic heterocycles. The SMILES string of the molecule is NC(=O)c1ccc(-c2nn[nH]n2)cc1. The average molecular weight is 189 g/mol. The third-order valence-corrected chi connectivity index (χ3v) is 1.77. The van der Waals surface area contributed by atoms with Crippen LogP contribution in [0, 0.1) is 0 Å². The number of nitrogens with zero attached hydrogens (tertiary/aromatic N) is 3. The zero-order valence-electron chi connectivity index (χ0n) is 7.14. The lowest BCUT2D eigenvalue weighted by Gasteiger charge is -1.96. The van der Waals surface area contributed by atoms with Gasteiger partial charge in [0.25, 0.3) is 0 Å². The highest BCUT2D eigenvalue weighted by Crippen LogP contribution is 2.13. The fraction of sp³-hybridized carbons (Fsp3) is 0. The Labute approximate surface area is 79.1 Å². The van der Waals surface area contributed by atoms with Crippen molar-refractivity contribution in [2.24, 2.45) is 5.73 Å². The third-order valence-electron chi connectivity index (χ3n) is 1.77.